The third-order valence-corrected chi connectivity index (χ3v) is 2.72. The van der Waals surface area contributed by atoms with Crippen molar-refractivity contribution in [3.63, 3.8) is 0 Å². The Bertz CT molecular complexity index is 390. The monoisotopic (exact) mass is 235 g/mol. The first-order valence-corrected chi connectivity index (χ1v) is 5.82. The Balaban J connectivity index is 2.57. The van der Waals surface area contributed by atoms with Gasteiger partial charge in [0.25, 0.3) is 0 Å². The van der Waals surface area contributed by atoms with Crippen LogP contribution in [0.25, 0.3) is 0 Å². The molecule has 2 atom stereocenters. The molecule has 0 aliphatic heterocycles. The molecule has 4 N–H and O–H groups in total. The summed E-state index contributed by atoms with van der Waals surface area (Å²) in [4.78, 5) is 0. The van der Waals surface area contributed by atoms with Crippen LogP contribution < -0.4 is 11.1 Å². The maximum atomic E-state index is 8.51. The number of nitrogens with one attached hydrogen (secondary N) is 1. The van der Waals surface area contributed by atoms with Crippen molar-refractivity contribution < 1.29 is 5.21 Å². The van der Waals surface area contributed by atoms with Gasteiger partial charge in [-0.2, -0.15) is 0 Å². The molecule has 0 amide bonds. The molecule has 4 nitrogen and oxygen atoms in total. The van der Waals surface area contributed by atoms with Crippen LogP contribution in [-0.2, 0) is 0 Å². The van der Waals surface area contributed by atoms with E-state index in [4.69, 9.17) is 10.9 Å². The van der Waals surface area contributed by atoms with Crippen molar-refractivity contribution in [3.8, 4) is 0 Å². The lowest BCUT2D eigenvalue weighted by molar-refractivity contribution is 0.315. The topological polar surface area (TPSA) is 70.6 Å². The first-order valence-electron chi connectivity index (χ1n) is 5.82. The second-order valence-electron chi connectivity index (χ2n) is 4.50. The van der Waals surface area contributed by atoms with Gasteiger partial charge in [-0.25, -0.2) is 0 Å². The number of aryl methyl sites for hydroxylation is 1. The average Bonchev–Trinajstić information content (AvgIpc) is 2.28. The van der Waals surface area contributed by atoms with Gasteiger partial charge >= 0.3 is 0 Å². The highest BCUT2D eigenvalue weighted by atomic mass is 16.4. The number of nitrogens with two attached hydrogens (primary N) is 1. The fraction of sp³-hybridized carbons (Fsp3) is 0.462. The Kier molecular flexibility index (Phi) is 4.97. The van der Waals surface area contributed by atoms with Gasteiger partial charge in [-0.3, -0.25) is 0 Å². The molecule has 94 valence electrons. The third-order valence-electron chi connectivity index (χ3n) is 2.72. The first-order chi connectivity index (χ1) is 8.02. The summed E-state index contributed by atoms with van der Waals surface area (Å²) in [5, 5.41) is 14.9. The van der Waals surface area contributed by atoms with Gasteiger partial charge in [0.15, 0.2) is 0 Å². The van der Waals surface area contributed by atoms with Gasteiger partial charge < -0.3 is 16.3 Å². The summed E-state index contributed by atoms with van der Waals surface area (Å²) in [6, 6.07) is 8.81. The van der Waals surface area contributed by atoms with Gasteiger partial charge in [0.1, 0.15) is 5.84 Å². The van der Waals surface area contributed by atoms with E-state index in [0.29, 0.717) is 6.42 Å². The molecule has 0 bridgehead atoms. The maximum absolute atomic E-state index is 8.51. The van der Waals surface area contributed by atoms with Crippen LogP contribution in [0, 0.1) is 6.92 Å². The summed E-state index contributed by atoms with van der Waals surface area (Å²) in [5.74, 6) is 0.251. The van der Waals surface area contributed by atoms with Crippen LogP contribution in [0.4, 0.5) is 0 Å². The zero-order valence-electron chi connectivity index (χ0n) is 10.6. The molecule has 0 saturated carbocycles. The summed E-state index contributed by atoms with van der Waals surface area (Å²) < 4.78 is 0. The number of rotatable bonds is 5. The Morgan fingerprint density at radius 1 is 1.47 bits per heavy atom. The summed E-state index contributed by atoms with van der Waals surface area (Å²) in [6.07, 6.45) is 0.534. The highest BCUT2D eigenvalue weighted by Gasteiger charge is 2.10. The second-order valence-corrected chi connectivity index (χ2v) is 4.50. The standard InChI is InChI=1S/C13H21N3O/c1-9-5-4-6-12(7-9)11(3)15-10(2)8-13(14)16-17/h4-7,10-11,15,17H,8H2,1-3H3,(H2,14,16)/t10?,11-/m0/s1. The fourth-order valence-electron chi connectivity index (χ4n) is 1.88. The largest absolute Gasteiger partial charge is 0.409 e. The number of hydrogen-bond donors (Lipinski definition) is 3. The third kappa shape index (κ3) is 4.44. The highest BCUT2D eigenvalue weighted by Crippen LogP contribution is 2.14. The SMILES string of the molecule is Cc1cccc([C@H](C)NC(C)C/C(N)=N/O)c1. The Morgan fingerprint density at radius 2 is 2.18 bits per heavy atom. The summed E-state index contributed by atoms with van der Waals surface area (Å²) in [5.41, 5.74) is 7.97. The van der Waals surface area contributed by atoms with E-state index in [1.54, 1.807) is 0 Å². The molecule has 0 fully saturated rings. The van der Waals surface area contributed by atoms with Crippen LogP contribution in [0.15, 0.2) is 29.4 Å². The fourth-order valence-corrected chi connectivity index (χ4v) is 1.88. The first kappa shape index (κ1) is 13.5. The van der Waals surface area contributed by atoms with E-state index in [-0.39, 0.29) is 17.9 Å². The predicted molar refractivity (Wildman–Crippen MR) is 70.2 cm³/mol. The molecule has 4 heteroatoms. The average molecular weight is 235 g/mol. The summed E-state index contributed by atoms with van der Waals surface area (Å²) >= 11 is 0. The van der Waals surface area contributed by atoms with E-state index >= 15 is 0 Å². The summed E-state index contributed by atoms with van der Waals surface area (Å²) in [7, 11) is 0. The number of amidine groups is 1. The van der Waals surface area contributed by atoms with Crippen molar-refractivity contribution in [3.05, 3.63) is 35.4 Å². The quantitative estimate of drug-likeness (QED) is 0.317. The van der Waals surface area contributed by atoms with Crippen LogP contribution in [0.3, 0.4) is 0 Å². The minimum atomic E-state index is 0.168. The summed E-state index contributed by atoms with van der Waals surface area (Å²) in [6.45, 7) is 6.21. The molecular formula is C13H21N3O. The number of benzene rings is 1. The molecule has 0 radical (unpaired) electrons. The van der Waals surface area contributed by atoms with Crippen LogP contribution in [-0.4, -0.2) is 17.1 Å². The molecule has 0 saturated heterocycles. The van der Waals surface area contributed by atoms with E-state index in [2.05, 4.69) is 48.6 Å². The van der Waals surface area contributed by atoms with E-state index < -0.39 is 0 Å². The maximum Gasteiger partial charge on any atom is 0.140 e. The Hall–Kier alpha value is -1.55. The lowest BCUT2D eigenvalue weighted by Crippen LogP contribution is -2.33. The minimum Gasteiger partial charge on any atom is -0.409 e. The van der Waals surface area contributed by atoms with Crippen molar-refractivity contribution in [2.45, 2.75) is 39.3 Å². The molecule has 1 rings (SSSR count). The molecule has 0 aliphatic carbocycles. The van der Waals surface area contributed by atoms with Gasteiger partial charge in [-0.15, -0.1) is 0 Å². The van der Waals surface area contributed by atoms with Crippen molar-refractivity contribution in [2.24, 2.45) is 10.9 Å². The van der Waals surface area contributed by atoms with Crippen molar-refractivity contribution >= 4 is 5.84 Å². The smallest absolute Gasteiger partial charge is 0.140 e. The van der Waals surface area contributed by atoms with E-state index in [0.717, 1.165) is 0 Å². The van der Waals surface area contributed by atoms with Crippen molar-refractivity contribution in [1.29, 1.82) is 0 Å². The van der Waals surface area contributed by atoms with E-state index in [1.165, 1.54) is 11.1 Å². The molecule has 0 aliphatic rings. The van der Waals surface area contributed by atoms with E-state index in [9.17, 15) is 0 Å². The Morgan fingerprint density at radius 3 is 2.76 bits per heavy atom. The van der Waals surface area contributed by atoms with Gasteiger partial charge in [0, 0.05) is 18.5 Å². The minimum absolute atomic E-state index is 0.168. The van der Waals surface area contributed by atoms with E-state index in [1.807, 2.05) is 6.92 Å². The molecule has 1 aromatic rings. The van der Waals surface area contributed by atoms with Gasteiger partial charge in [-0.05, 0) is 26.3 Å². The number of oxime groups is 1. The number of nitrogens with zero attached hydrogens (tertiary/aromatic N) is 1. The lowest BCUT2D eigenvalue weighted by atomic mass is 10.0. The highest BCUT2D eigenvalue weighted by molar-refractivity contribution is 5.80. The van der Waals surface area contributed by atoms with Crippen molar-refractivity contribution in [1.82, 2.24) is 5.32 Å². The van der Waals surface area contributed by atoms with Gasteiger partial charge in [0.2, 0.25) is 0 Å². The molecule has 17 heavy (non-hydrogen) atoms. The van der Waals surface area contributed by atoms with Crippen LogP contribution in [0.1, 0.15) is 37.4 Å². The van der Waals surface area contributed by atoms with Gasteiger partial charge in [0.05, 0.1) is 0 Å². The predicted octanol–water partition coefficient (Wildman–Crippen LogP) is 2.17. The van der Waals surface area contributed by atoms with Gasteiger partial charge in [-0.1, -0.05) is 35.0 Å². The second kappa shape index (κ2) is 6.25. The molecule has 0 aromatic heterocycles. The zero-order chi connectivity index (χ0) is 12.8. The van der Waals surface area contributed by atoms with Crippen LogP contribution in [0.5, 0.6) is 0 Å². The van der Waals surface area contributed by atoms with Crippen molar-refractivity contribution in [2.75, 3.05) is 0 Å². The molecule has 1 unspecified atom stereocenters. The molecule has 1 aromatic carbocycles. The molecular weight excluding hydrogens is 214 g/mol. The molecule has 0 heterocycles. The lowest BCUT2D eigenvalue weighted by Gasteiger charge is -2.20. The molecule has 0 spiro atoms. The number of hydrogen-bond acceptors (Lipinski definition) is 3. The Labute approximate surface area is 103 Å². The van der Waals surface area contributed by atoms with Crippen LogP contribution in [0.2, 0.25) is 0 Å². The zero-order valence-corrected chi connectivity index (χ0v) is 10.6. The van der Waals surface area contributed by atoms with Crippen LogP contribution >= 0.6 is 0 Å². The normalized spacial score (nSPS) is 15.6.